The van der Waals surface area contributed by atoms with Gasteiger partial charge in [-0.3, -0.25) is 4.79 Å². The molecular weight excluding hydrogens is 343 g/mol. The molecule has 21 heavy (non-hydrogen) atoms. The summed E-state index contributed by atoms with van der Waals surface area (Å²) in [5, 5.41) is 30.5. The van der Waals surface area contributed by atoms with E-state index in [-0.39, 0.29) is 26.4 Å². The first-order valence-corrected chi connectivity index (χ1v) is 7.32. The molecule has 0 aliphatic carbocycles. The Morgan fingerprint density at radius 3 is 2.57 bits per heavy atom. The van der Waals surface area contributed by atoms with Crippen LogP contribution >= 0.6 is 35.0 Å². The lowest BCUT2D eigenvalue weighted by atomic mass is 10.3. The number of rotatable bonds is 6. The SMILES string of the molecule is CC(=O)NC(CSc1c([NH+]([O-])O)ccc(Cl)c1Cl)C(=O)O. The van der Waals surface area contributed by atoms with E-state index in [1.807, 2.05) is 0 Å². The number of hydrogen-bond acceptors (Lipinski definition) is 5. The monoisotopic (exact) mass is 354 g/mol. The van der Waals surface area contributed by atoms with Gasteiger partial charge in [-0.2, -0.15) is 5.23 Å². The summed E-state index contributed by atoms with van der Waals surface area (Å²) in [7, 11) is 0. The Morgan fingerprint density at radius 2 is 2.10 bits per heavy atom. The maximum absolute atomic E-state index is 11.1. The zero-order valence-corrected chi connectivity index (χ0v) is 13.1. The molecular formula is C11H12Cl2N2O5S. The van der Waals surface area contributed by atoms with Gasteiger partial charge in [0.05, 0.1) is 14.9 Å². The second-order valence-corrected chi connectivity index (χ2v) is 5.76. The largest absolute Gasteiger partial charge is 0.595 e. The number of halogens is 2. The molecule has 4 N–H and O–H groups in total. The molecule has 0 bridgehead atoms. The fourth-order valence-electron chi connectivity index (χ4n) is 1.43. The summed E-state index contributed by atoms with van der Waals surface area (Å²) in [5.41, 5.74) is -0.0821. The fourth-order valence-corrected chi connectivity index (χ4v) is 3.08. The topological polar surface area (TPSA) is 114 Å². The van der Waals surface area contributed by atoms with Crippen molar-refractivity contribution in [2.45, 2.75) is 17.9 Å². The molecule has 0 spiro atoms. The molecule has 0 aliphatic heterocycles. The highest BCUT2D eigenvalue weighted by molar-refractivity contribution is 7.99. The van der Waals surface area contributed by atoms with Crippen molar-refractivity contribution >= 4 is 52.5 Å². The van der Waals surface area contributed by atoms with Gasteiger partial charge in [-0.1, -0.05) is 23.2 Å². The maximum Gasteiger partial charge on any atom is 0.327 e. The van der Waals surface area contributed by atoms with E-state index in [9.17, 15) is 14.8 Å². The van der Waals surface area contributed by atoms with E-state index in [4.69, 9.17) is 33.5 Å². The van der Waals surface area contributed by atoms with Gasteiger partial charge in [-0.05, 0) is 6.07 Å². The van der Waals surface area contributed by atoms with E-state index in [1.54, 1.807) is 0 Å². The Balaban J connectivity index is 2.98. The van der Waals surface area contributed by atoms with Crippen molar-refractivity contribution in [3.05, 3.63) is 27.4 Å². The van der Waals surface area contributed by atoms with Crippen molar-refractivity contribution in [1.29, 1.82) is 0 Å². The molecule has 10 heteroatoms. The molecule has 1 amide bonds. The zero-order valence-electron chi connectivity index (χ0n) is 10.7. The van der Waals surface area contributed by atoms with Crippen LogP contribution in [0.2, 0.25) is 10.0 Å². The van der Waals surface area contributed by atoms with E-state index in [2.05, 4.69) is 5.32 Å². The van der Waals surface area contributed by atoms with Crippen molar-refractivity contribution in [1.82, 2.24) is 5.32 Å². The lowest BCUT2D eigenvalue weighted by Gasteiger charge is -2.18. The van der Waals surface area contributed by atoms with Gasteiger partial charge in [0.15, 0.2) is 5.69 Å². The molecule has 0 aliphatic rings. The molecule has 0 saturated carbocycles. The van der Waals surface area contributed by atoms with Crippen LogP contribution in [0.5, 0.6) is 0 Å². The zero-order chi connectivity index (χ0) is 16.2. The van der Waals surface area contributed by atoms with E-state index >= 15 is 0 Å². The number of carboxylic acid groups (broad SMARTS) is 1. The highest BCUT2D eigenvalue weighted by atomic mass is 35.5. The smallest absolute Gasteiger partial charge is 0.327 e. The Bertz CT molecular complexity index is 556. The standard InChI is InChI=1S/C11H12Cl2N2O5S/c1-5(16)14-7(11(17)18)4-21-10-8(15(19)20)3-2-6(12)9(10)13/h2-3,7,15,19H,4H2,1H3,(H,14,16)(H,17,18). The summed E-state index contributed by atoms with van der Waals surface area (Å²) in [6.45, 7) is 1.19. The molecule has 0 heterocycles. The number of carboxylic acids is 1. The molecule has 0 aromatic heterocycles. The van der Waals surface area contributed by atoms with Gasteiger partial charge in [-0.15, -0.1) is 11.8 Å². The fraction of sp³-hybridized carbons (Fsp3) is 0.273. The number of carbonyl (C=O) groups excluding carboxylic acids is 1. The minimum absolute atomic E-state index is 0.0357. The minimum Gasteiger partial charge on any atom is -0.595 e. The Labute approximate surface area is 134 Å². The number of benzene rings is 1. The molecule has 1 aromatic rings. The molecule has 0 saturated heterocycles. The molecule has 1 aromatic carbocycles. The molecule has 0 radical (unpaired) electrons. The van der Waals surface area contributed by atoms with Crippen molar-refractivity contribution in [3.8, 4) is 0 Å². The second kappa shape index (κ2) is 7.83. The molecule has 116 valence electrons. The first kappa shape index (κ1) is 18.0. The van der Waals surface area contributed by atoms with Crippen molar-refractivity contribution < 1.29 is 25.1 Å². The van der Waals surface area contributed by atoms with Crippen LogP contribution in [-0.4, -0.2) is 34.0 Å². The van der Waals surface area contributed by atoms with Crippen LogP contribution in [0.25, 0.3) is 0 Å². The molecule has 2 unspecified atom stereocenters. The van der Waals surface area contributed by atoms with E-state index < -0.39 is 23.1 Å². The van der Waals surface area contributed by atoms with Crippen LogP contribution in [0, 0.1) is 5.21 Å². The van der Waals surface area contributed by atoms with Gasteiger partial charge >= 0.3 is 5.97 Å². The quantitative estimate of drug-likeness (QED) is 0.449. The van der Waals surface area contributed by atoms with Crippen LogP contribution in [0.1, 0.15) is 6.92 Å². The summed E-state index contributed by atoms with van der Waals surface area (Å²) in [4.78, 5) is 22.1. The van der Waals surface area contributed by atoms with E-state index in [1.165, 1.54) is 19.1 Å². The van der Waals surface area contributed by atoms with Crippen LogP contribution in [0.15, 0.2) is 17.0 Å². The first-order valence-electron chi connectivity index (χ1n) is 5.58. The summed E-state index contributed by atoms with van der Waals surface area (Å²) in [5.74, 6) is -1.82. The Hall–Kier alpha value is -1.03. The van der Waals surface area contributed by atoms with Gasteiger partial charge in [0.25, 0.3) is 0 Å². The molecule has 2 atom stereocenters. The summed E-state index contributed by atoms with van der Waals surface area (Å²) < 4.78 is 0. The summed E-state index contributed by atoms with van der Waals surface area (Å²) in [6, 6.07) is 1.47. The summed E-state index contributed by atoms with van der Waals surface area (Å²) in [6.07, 6.45) is 0. The van der Waals surface area contributed by atoms with E-state index in [0.29, 0.717) is 0 Å². The van der Waals surface area contributed by atoms with Crippen molar-refractivity contribution in [2.75, 3.05) is 5.75 Å². The number of amides is 1. The highest BCUT2D eigenvalue weighted by Crippen LogP contribution is 2.37. The molecule has 7 nitrogen and oxygen atoms in total. The lowest BCUT2D eigenvalue weighted by molar-refractivity contribution is -0.992. The van der Waals surface area contributed by atoms with Gasteiger partial charge in [-0.25, -0.2) is 10.0 Å². The number of aliphatic carboxylic acids is 1. The first-order chi connectivity index (χ1) is 9.73. The van der Waals surface area contributed by atoms with Crippen LogP contribution in [-0.2, 0) is 9.59 Å². The average Bonchev–Trinajstić information content (AvgIpc) is 2.37. The average molecular weight is 355 g/mol. The molecule has 1 rings (SSSR count). The van der Waals surface area contributed by atoms with Crippen molar-refractivity contribution in [2.24, 2.45) is 0 Å². The predicted molar refractivity (Wildman–Crippen MR) is 78.2 cm³/mol. The number of hydrogen-bond donors (Lipinski definition) is 4. The number of quaternary nitrogens is 1. The van der Waals surface area contributed by atoms with Gasteiger partial charge in [0.1, 0.15) is 6.04 Å². The van der Waals surface area contributed by atoms with Gasteiger partial charge in [0, 0.05) is 18.7 Å². The third-order valence-corrected chi connectivity index (χ3v) is 4.48. The second-order valence-electron chi connectivity index (χ2n) is 3.95. The Kier molecular flexibility index (Phi) is 6.72. The number of nitrogens with one attached hydrogen (secondary N) is 2. The lowest BCUT2D eigenvalue weighted by Crippen LogP contribution is -2.99. The van der Waals surface area contributed by atoms with Gasteiger partial charge in [0.2, 0.25) is 5.91 Å². The third-order valence-electron chi connectivity index (χ3n) is 2.35. The van der Waals surface area contributed by atoms with Gasteiger partial charge < -0.3 is 15.6 Å². The summed E-state index contributed by atoms with van der Waals surface area (Å²) >= 11 is 12.7. The molecule has 0 fully saturated rings. The maximum atomic E-state index is 11.1. The van der Waals surface area contributed by atoms with E-state index in [0.717, 1.165) is 11.8 Å². The number of carbonyl (C=O) groups is 2. The Morgan fingerprint density at radius 1 is 1.48 bits per heavy atom. The van der Waals surface area contributed by atoms with Crippen LogP contribution in [0.3, 0.4) is 0 Å². The van der Waals surface area contributed by atoms with Crippen LogP contribution < -0.4 is 10.5 Å². The predicted octanol–water partition coefficient (Wildman–Crippen LogP) is 1.08. The third kappa shape index (κ3) is 5.03. The normalized spacial score (nSPS) is 13.6. The highest BCUT2D eigenvalue weighted by Gasteiger charge is 2.22. The van der Waals surface area contributed by atoms with Crippen molar-refractivity contribution in [3.63, 3.8) is 0 Å². The van der Waals surface area contributed by atoms with Crippen LogP contribution in [0.4, 0.5) is 5.69 Å². The number of thioether (sulfide) groups is 1. The minimum atomic E-state index is -1.23.